The van der Waals surface area contributed by atoms with E-state index in [1.165, 1.54) is 9.78 Å². The lowest BCUT2D eigenvalue weighted by atomic mass is 10.3. The van der Waals surface area contributed by atoms with Gasteiger partial charge in [0.25, 0.3) is 0 Å². The molecule has 0 radical (unpaired) electrons. The minimum atomic E-state index is -0.397. The molecular weight excluding hydrogens is 194 g/mol. The van der Waals surface area contributed by atoms with E-state index >= 15 is 0 Å². The highest BCUT2D eigenvalue weighted by Gasteiger charge is 2.03. The summed E-state index contributed by atoms with van der Waals surface area (Å²) in [6.07, 6.45) is 0.882. The Kier molecular flexibility index (Phi) is 3.56. The number of carbonyl (C=O) groups excluding carboxylic acids is 1. The van der Waals surface area contributed by atoms with E-state index in [0.29, 0.717) is 6.54 Å². The Balaban J connectivity index is 2.31. The van der Waals surface area contributed by atoms with Crippen LogP contribution in [0.2, 0.25) is 0 Å². The molecule has 0 N–H and O–H groups in total. The first kappa shape index (κ1) is 9.55. The highest BCUT2D eigenvalue weighted by molar-refractivity contribution is 7.09. The van der Waals surface area contributed by atoms with Crippen LogP contribution in [0, 0.1) is 0 Å². The summed E-state index contributed by atoms with van der Waals surface area (Å²) in [5.41, 5.74) is 0. The summed E-state index contributed by atoms with van der Waals surface area (Å²) in [7, 11) is 1.70. The lowest BCUT2D eigenvalue weighted by Crippen LogP contribution is -2.23. The first-order valence-corrected chi connectivity index (χ1v) is 4.89. The molecule has 0 atom stereocenters. The number of likely N-dealkylation sites (N-methyl/N-ethyl adjacent to an activating group) is 1. The van der Waals surface area contributed by atoms with Crippen LogP contribution >= 0.6 is 22.9 Å². The normalized spacial score (nSPS) is 9.83. The molecule has 1 heterocycles. The van der Waals surface area contributed by atoms with Crippen LogP contribution in [0.5, 0.6) is 0 Å². The molecule has 0 spiro atoms. The fourth-order valence-electron chi connectivity index (χ4n) is 0.821. The number of hydrogen-bond acceptors (Lipinski definition) is 2. The van der Waals surface area contributed by atoms with Crippen molar-refractivity contribution in [3.8, 4) is 0 Å². The average Bonchev–Trinajstić information content (AvgIpc) is 2.51. The fraction of sp³-hybridized carbons (Fsp3) is 0.375. The van der Waals surface area contributed by atoms with Crippen LogP contribution in [0.15, 0.2) is 17.5 Å². The summed E-state index contributed by atoms with van der Waals surface area (Å²) in [5, 5.41) is 1.63. The smallest absolute Gasteiger partial charge is 0.316 e. The van der Waals surface area contributed by atoms with Gasteiger partial charge in [-0.2, -0.15) is 0 Å². The van der Waals surface area contributed by atoms with Crippen LogP contribution in [0.3, 0.4) is 0 Å². The molecule has 0 saturated carbocycles. The Morgan fingerprint density at radius 3 is 3.00 bits per heavy atom. The van der Waals surface area contributed by atoms with Crippen LogP contribution in [0.1, 0.15) is 4.88 Å². The minimum Gasteiger partial charge on any atom is -0.332 e. The third-order valence-electron chi connectivity index (χ3n) is 1.57. The predicted octanol–water partition coefficient (Wildman–Crippen LogP) is 2.58. The molecular formula is C8H10ClNOS. The van der Waals surface area contributed by atoms with Gasteiger partial charge in [0.15, 0.2) is 0 Å². The van der Waals surface area contributed by atoms with Gasteiger partial charge in [-0.1, -0.05) is 6.07 Å². The van der Waals surface area contributed by atoms with Crippen molar-refractivity contribution in [3.05, 3.63) is 22.4 Å². The van der Waals surface area contributed by atoms with Gasteiger partial charge in [0.05, 0.1) is 0 Å². The van der Waals surface area contributed by atoms with Crippen molar-refractivity contribution in [3.63, 3.8) is 0 Å². The third-order valence-corrected chi connectivity index (χ3v) is 2.80. The molecule has 1 rings (SSSR count). The Morgan fingerprint density at radius 1 is 1.75 bits per heavy atom. The van der Waals surface area contributed by atoms with E-state index in [1.54, 1.807) is 18.4 Å². The number of hydrogen-bond donors (Lipinski definition) is 0. The van der Waals surface area contributed by atoms with Gasteiger partial charge in [0, 0.05) is 18.5 Å². The number of rotatable bonds is 3. The van der Waals surface area contributed by atoms with E-state index in [9.17, 15) is 4.79 Å². The number of carbonyl (C=O) groups is 1. The van der Waals surface area contributed by atoms with Crippen LogP contribution in [0.4, 0.5) is 4.79 Å². The standard InChI is InChI=1S/C8H10ClNOS/c1-10(8(9)11)5-4-7-3-2-6-12-7/h2-3,6H,4-5H2,1H3. The van der Waals surface area contributed by atoms with Gasteiger partial charge in [-0.3, -0.25) is 4.79 Å². The van der Waals surface area contributed by atoms with E-state index in [0.717, 1.165) is 6.42 Å². The number of nitrogens with zero attached hydrogens (tertiary/aromatic N) is 1. The number of thiophene rings is 1. The van der Waals surface area contributed by atoms with Gasteiger partial charge >= 0.3 is 5.37 Å². The molecule has 1 aromatic heterocycles. The molecule has 0 fully saturated rings. The van der Waals surface area contributed by atoms with E-state index in [4.69, 9.17) is 11.6 Å². The maximum Gasteiger partial charge on any atom is 0.316 e. The Morgan fingerprint density at radius 2 is 2.50 bits per heavy atom. The molecule has 0 aliphatic rings. The quantitative estimate of drug-likeness (QED) is 0.546. The van der Waals surface area contributed by atoms with Gasteiger partial charge in [0.2, 0.25) is 0 Å². The van der Waals surface area contributed by atoms with E-state index in [1.807, 2.05) is 11.4 Å². The zero-order valence-corrected chi connectivity index (χ0v) is 8.36. The Hall–Kier alpha value is -0.540. The largest absolute Gasteiger partial charge is 0.332 e. The van der Waals surface area contributed by atoms with Gasteiger partial charge < -0.3 is 4.90 Å². The van der Waals surface area contributed by atoms with Crippen LogP contribution < -0.4 is 0 Å². The highest BCUT2D eigenvalue weighted by atomic mass is 35.5. The van der Waals surface area contributed by atoms with Crippen molar-refractivity contribution in [2.75, 3.05) is 13.6 Å². The molecule has 4 heteroatoms. The fourth-order valence-corrected chi connectivity index (χ4v) is 1.60. The number of halogens is 1. The van der Waals surface area contributed by atoms with Gasteiger partial charge in [-0.25, -0.2) is 0 Å². The SMILES string of the molecule is CN(CCc1cccs1)C(=O)Cl. The van der Waals surface area contributed by atoms with Gasteiger partial charge in [-0.05, 0) is 29.5 Å². The molecule has 0 unspecified atom stereocenters. The van der Waals surface area contributed by atoms with Crippen molar-refractivity contribution in [2.45, 2.75) is 6.42 Å². The second-order valence-corrected chi connectivity index (χ2v) is 3.86. The monoisotopic (exact) mass is 203 g/mol. The summed E-state index contributed by atoms with van der Waals surface area (Å²) in [6.45, 7) is 0.683. The second-order valence-electron chi connectivity index (χ2n) is 2.50. The van der Waals surface area contributed by atoms with Crippen molar-refractivity contribution < 1.29 is 4.79 Å². The third kappa shape index (κ3) is 2.83. The maximum atomic E-state index is 10.6. The summed E-state index contributed by atoms with van der Waals surface area (Å²) in [6, 6.07) is 4.06. The van der Waals surface area contributed by atoms with E-state index in [-0.39, 0.29) is 0 Å². The van der Waals surface area contributed by atoms with Crippen molar-refractivity contribution in [2.24, 2.45) is 0 Å². The zero-order valence-electron chi connectivity index (χ0n) is 6.79. The van der Waals surface area contributed by atoms with Crippen LogP contribution in [0.25, 0.3) is 0 Å². The lowest BCUT2D eigenvalue weighted by Gasteiger charge is -2.11. The molecule has 1 amide bonds. The van der Waals surface area contributed by atoms with Crippen LogP contribution in [-0.2, 0) is 6.42 Å². The number of amides is 1. The predicted molar refractivity (Wildman–Crippen MR) is 51.9 cm³/mol. The first-order chi connectivity index (χ1) is 5.70. The molecule has 0 aromatic carbocycles. The molecule has 0 saturated heterocycles. The molecule has 1 aromatic rings. The van der Waals surface area contributed by atoms with Crippen molar-refractivity contribution in [1.82, 2.24) is 4.90 Å². The molecule has 0 bridgehead atoms. The van der Waals surface area contributed by atoms with Gasteiger partial charge in [0.1, 0.15) is 0 Å². The highest BCUT2D eigenvalue weighted by Crippen LogP contribution is 2.09. The average molecular weight is 204 g/mol. The maximum absolute atomic E-state index is 10.6. The summed E-state index contributed by atoms with van der Waals surface area (Å²) >= 11 is 6.95. The minimum absolute atomic E-state index is 0.397. The molecule has 0 aliphatic heterocycles. The van der Waals surface area contributed by atoms with Crippen LogP contribution in [-0.4, -0.2) is 23.9 Å². The Bertz CT molecular complexity index is 248. The summed E-state index contributed by atoms with van der Waals surface area (Å²) < 4.78 is 0. The Labute approximate surface area is 80.8 Å². The summed E-state index contributed by atoms with van der Waals surface area (Å²) in [4.78, 5) is 13.4. The lowest BCUT2D eigenvalue weighted by molar-refractivity contribution is 0.233. The molecule has 2 nitrogen and oxygen atoms in total. The van der Waals surface area contributed by atoms with E-state index in [2.05, 4.69) is 6.07 Å². The van der Waals surface area contributed by atoms with E-state index < -0.39 is 5.37 Å². The second kappa shape index (κ2) is 4.48. The first-order valence-electron chi connectivity index (χ1n) is 3.63. The van der Waals surface area contributed by atoms with Crippen molar-refractivity contribution >= 4 is 28.3 Å². The molecule has 12 heavy (non-hydrogen) atoms. The summed E-state index contributed by atoms with van der Waals surface area (Å²) in [5.74, 6) is 0. The molecule has 0 aliphatic carbocycles. The van der Waals surface area contributed by atoms with Gasteiger partial charge in [-0.15, -0.1) is 11.3 Å². The molecule has 66 valence electrons. The topological polar surface area (TPSA) is 20.3 Å². The van der Waals surface area contributed by atoms with Crippen molar-refractivity contribution in [1.29, 1.82) is 0 Å². The zero-order chi connectivity index (χ0) is 8.97.